The van der Waals surface area contributed by atoms with Gasteiger partial charge in [-0.25, -0.2) is 4.79 Å². The molecule has 11 heavy (non-hydrogen) atoms. The number of nitrogens with one attached hydrogen (secondary N) is 1. The number of cyclic esters (lactones) is 1. The molecule has 2 atom stereocenters. The molecule has 2 aliphatic rings. The zero-order chi connectivity index (χ0) is 8.11. The number of carbonyl (C=O) groups excluding carboxylic acids is 1. The Morgan fingerprint density at radius 3 is 2.82 bits per heavy atom. The zero-order valence-electron chi connectivity index (χ0n) is 6.64. The third kappa shape index (κ3) is 0.862. The second-order valence-electron chi connectivity index (χ2n) is 3.58. The van der Waals surface area contributed by atoms with Gasteiger partial charge < -0.3 is 9.47 Å². The molecule has 2 saturated heterocycles. The molecule has 2 bridgehead atoms. The standard InChI is InChI=1S/C7H11NO3/c1-6-3-10-5(9)7(2,8-6)11-4-6/h8H,3-4H2,1-2H3/t6-,7-/m1/s1. The third-order valence-corrected chi connectivity index (χ3v) is 2.13. The molecule has 4 nitrogen and oxygen atoms in total. The van der Waals surface area contributed by atoms with Crippen LogP contribution in [0.1, 0.15) is 13.8 Å². The van der Waals surface area contributed by atoms with E-state index in [-0.39, 0.29) is 11.5 Å². The monoisotopic (exact) mass is 157 g/mol. The maximum Gasteiger partial charge on any atom is 0.353 e. The molecule has 0 saturated carbocycles. The van der Waals surface area contributed by atoms with Gasteiger partial charge in [-0.05, 0) is 13.8 Å². The van der Waals surface area contributed by atoms with Gasteiger partial charge in [-0.15, -0.1) is 0 Å². The number of hydrogen-bond acceptors (Lipinski definition) is 4. The van der Waals surface area contributed by atoms with Crippen molar-refractivity contribution in [1.29, 1.82) is 0 Å². The summed E-state index contributed by atoms with van der Waals surface area (Å²) in [6.45, 7) is 4.61. The molecule has 2 fully saturated rings. The molecule has 0 unspecified atom stereocenters. The fraction of sp³-hybridized carbons (Fsp3) is 0.857. The van der Waals surface area contributed by atoms with E-state index in [0.717, 1.165) is 0 Å². The van der Waals surface area contributed by atoms with Crippen LogP contribution in [-0.2, 0) is 14.3 Å². The molecule has 0 aliphatic carbocycles. The van der Waals surface area contributed by atoms with E-state index in [4.69, 9.17) is 9.47 Å². The number of rotatable bonds is 0. The van der Waals surface area contributed by atoms with Gasteiger partial charge in [0.2, 0.25) is 5.72 Å². The normalized spacial score (nSPS) is 49.1. The minimum atomic E-state index is -0.896. The van der Waals surface area contributed by atoms with E-state index in [9.17, 15) is 4.79 Å². The minimum Gasteiger partial charge on any atom is -0.460 e. The minimum absolute atomic E-state index is 0.178. The first-order valence-corrected chi connectivity index (χ1v) is 3.65. The van der Waals surface area contributed by atoms with E-state index in [1.807, 2.05) is 6.92 Å². The Kier molecular flexibility index (Phi) is 1.13. The van der Waals surface area contributed by atoms with Crippen LogP contribution in [0.15, 0.2) is 0 Å². The lowest BCUT2D eigenvalue weighted by atomic mass is 10.0. The van der Waals surface area contributed by atoms with E-state index in [1.165, 1.54) is 0 Å². The Morgan fingerprint density at radius 1 is 1.45 bits per heavy atom. The average molecular weight is 157 g/mol. The molecule has 0 amide bonds. The molecule has 0 aromatic carbocycles. The summed E-state index contributed by atoms with van der Waals surface area (Å²) in [5.41, 5.74) is -1.07. The molecule has 0 radical (unpaired) electrons. The molecular weight excluding hydrogens is 146 g/mol. The van der Waals surface area contributed by atoms with Crippen molar-refractivity contribution >= 4 is 5.97 Å². The predicted molar refractivity (Wildman–Crippen MR) is 36.9 cm³/mol. The number of carbonyl (C=O) groups is 1. The molecule has 2 heterocycles. The van der Waals surface area contributed by atoms with Crippen LogP contribution in [0.5, 0.6) is 0 Å². The Labute approximate surface area is 64.9 Å². The summed E-state index contributed by atoms with van der Waals surface area (Å²) < 4.78 is 10.2. The van der Waals surface area contributed by atoms with Crippen LogP contribution < -0.4 is 5.32 Å². The Morgan fingerprint density at radius 2 is 2.18 bits per heavy atom. The van der Waals surface area contributed by atoms with Gasteiger partial charge in [0.05, 0.1) is 12.1 Å². The summed E-state index contributed by atoms with van der Waals surface area (Å²) in [6, 6.07) is 0. The third-order valence-electron chi connectivity index (χ3n) is 2.13. The van der Waals surface area contributed by atoms with Crippen molar-refractivity contribution in [1.82, 2.24) is 5.32 Å². The van der Waals surface area contributed by atoms with Crippen molar-refractivity contribution < 1.29 is 14.3 Å². The van der Waals surface area contributed by atoms with Crippen LogP contribution >= 0.6 is 0 Å². The Bertz CT molecular complexity index is 218. The first-order chi connectivity index (χ1) is 5.04. The molecule has 1 N–H and O–H groups in total. The second-order valence-corrected chi connectivity index (χ2v) is 3.58. The molecule has 2 aliphatic heterocycles. The smallest absolute Gasteiger partial charge is 0.353 e. The zero-order valence-corrected chi connectivity index (χ0v) is 6.64. The van der Waals surface area contributed by atoms with Crippen LogP contribution in [0.25, 0.3) is 0 Å². The first-order valence-electron chi connectivity index (χ1n) is 3.65. The highest BCUT2D eigenvalue weighted by atomic mass is 16.6. The maximum absolute atomic E-state index is 11.1. The average Bonchev–Trinajstić information content (AvgIpc) is 2.20. The van der Waals surface area contributed by atoms with Gasteiger partial charge in [-0.2, -0.15) is 0 Å². The fourth-order valence-electron chi connectivity index (χ4n) is 1.50. The summed E-state index contributed by atoms with van der Waals surface area (Å²) in [4.78, 5) is 11.1. The van der Waals surface area contributed by atoms with Gasteiger partial charge in [0.1, 0.15) is 6.61 Å². The Hall–Kier alpha value is -0.610. The maximum atomic E-state index is 11.1. The summed E-state index contributed by atoms with van der Waals surface area (Å²) in [5, 5.41) is 3.10. The summed E-state index contributed by atoms with van der Waals surface area (Å²) in [5.74, 6) is -0.313. The Balaban J connectivity index is 2.30. The van der Waals surface area contributed by atoms with Crippen LogP contribution in [0.2, 0.25) is 0 Å². The van der Waals surface area contributed by atoms with Crippen LogP contribution in [-0.4, -0.2) is 30.4 Å². The van der Waals surface area contributed by atoms with Crippen LogP contribution in [0.4, 0.5) is 0 Å². The highest BCUT2D eigenvalue weighted by molar-refractivity contribution is 5.80. The second kappa shape index (κ2) is 1.76. The van der Waals surface area contributed by atoms with Gasteiger partial charge in [0, 0.05) is 0 Å². The molecular formula is C7H11NO3. The molecule has 0 spiro atoms. The summed E-state index contributed by atoms with van der Waals surface area (Å²) in [6.07, 6.45) is 0. The lowest BCUT2D eigenvalue weighted by Crippen LogP contribution is -2.60. The van der Waals surface area contributed by atoms with E-state index < -0.39 is 5.72 Å². The predicted octanol–water partition coefficient (Wildman–Crippen LogP) is -0.362. The highest BCUT2D eigenvalue weighted by Gasteiger charge is 2.53. The van der Waals surface area contributed by atoms with Crippen molar-refractivity contribution in [3.05, 3.63) is 0 Å². The van der Waals surface area contributed by atoms with Crippen molar-refractivity contribution in [3.8, 4) is 0 Å². The van der Waals surface area contributed by atoms with Crippen molar-refractivity contribution in [2.45, 2.75) is 25.1 Å². The lowest BCUT2D eigenvalue weighted by molar-refractivity contribution is -0.170. The van der Waals surface area contributed by atoms with E-state index in [1.54, 1.807) is 6.92 Å². The van der Waals surface area contributed by atoms with Crippen LogP contribution in [0.3, 0.4) is 0 Å². The van der Waals surface area contributed by atoms with Crippen molar-refractivity contribution in [2.75, 3.05) is 13.2 Å². The van der Waals surface area contributed by atoms with E-state index in [0.29, 0.717) is 13.2 Å². The van der Waals surface area contributed by atoms with Crippen LogP contribution in [0, 0.1) is 0 Å². The molecule has 4 heteroatoms. The molecule has 0 aromatic rings. The van der Waals surface area contributed by atoms with Gasteiger partial charge in [-0.1, -0.05) is 0 Å². The summed E-state index contributed by atoms with van der Waals surface area (Å²) in [7, 11) is 0. The number of ether oxygens (including phenoxy) is 2. The lowest BCUT2D eigenvalue weighted by Gasteiger charge is -2.32. The molecule has 62 valence electrons. The van der Waals surface area contributed by atoms with Gasteiger partial charge in [0.15, 0.2) is 0 Å². The largest absolute Gasteiger partial charge is 0.460 e. The quantitative estimate of drug-likeness (QED) is 0.488. The van der Waals surface area contributed by atoms with E-state index in [2.05, 4.69) is 5.32 Å². The SMILES string of the molecule is C[C@]12COC(=O)[C@](C)(N1)OC2. The van der Waals surface area contributed by atoms with Gasteiger partial charge >= 0.3 is 5.97 Å². The van der Waals surface area contributed by atoms with Gasteiger partial charge in [-0.3, -0.25) is 5.32 Å². The van der Waals surface area contributed by atoms with Gasteiger partial charge in [0.25, 0.3) is 0 Å². The van der Waals surface area contributed by atoms with Crippen molar-refractivity contribution in [2.24, 2.45) is 0 Å². The number of hydrogen-bond donors (Lipinski definition) is 1. The number of esters is 1. The number of morpholine rings is 1. The highest BCUT2D eigenvalue weighted by Crippen LogP contribution is 2.29. The van der Waals surface area contributed by atoms with Crippen molar-refractivity contribution in [3.63, 3.8) is 0 Å². The molecule has 2 rings (SSSR count). The first kappa shape index (κ1) is 7.06. The molecule has 0 aromatic heterocycles. The topological polar surface area (TPSA) is 47.6 Å². The fourth-order valence-corrected chi connectivity index (χ4v) is 1.50. The number of fused-ring (bicyclic) bond motifs is 2. The van der Waals surface area contributed by atoms with E-state index >= 15 is 0 Å². The summed E-state index contributed by atoms with van der Waals surface area (Å²) >= 11 is 0.